The molecule has 1 aromatic carbocycles. The summed E-state index contributed by atoms with van der Waals surface area (Å²) in [6.45, 7) is 2.28. The van der Waals surface area contributed by atoms with Crippen LogP contribution in [-0.4, -0.2) is 40.2 Å². The SMILES string of the molecule is Cc1cc(CN2C[C@H](C(=O)C(=O)NC3CC3)[C@@H](Cc3ccccc3)C2=O)on1. The van der Waals surface area contributed by atoms with Crippen molar-refractivity contribution in [1.29, 1.82) is 0 Å². The summed E-state index contributed by atoms with van der Waals surface area (Å²) in [4.78, 5) is 39.8. The summed E-state index contributed by atoms with van der Waals surface area (Å²) >= 11 is 0. The first-order chi connectivity index (χ1) is 13.5. The summed E-state index contributed by atoms with van der Waals surface area (Å²) in [5.74, 6) is -1.84. The van der Waals surface area contributed by atoms with Crippen LogP contribution in [0.2, 0.25) is 0 Å². The van der Waals surface area contributed by atoms with Crippen molar-refractivity contribution in [3.8, 4) is 0 Å². The van der Waals surface area contributed by atoms with Gasteiger partial charge in [-0.15, -0.1) is 0 Å². The van der Waals surface area contributed by atoms with Crippen molar-refractivity contribution in [1.82, 2.24) is 15.4 Å². The van der Waals surface area contributed by atoms with Gasteiger partial charge in [-0.25, -0.2) is 0 Å². The quantitative estimate of drug-likeness (QED) is 0.736. The number of nitrogens with zero attached hydrogens (tertiary/aromatic N) is 2. The highest BCUT2D eigenvalue weighted by molar-refractivity contribution is 6.37. The number of likely N-dealkylation sites (tertiary alicyclic amines) is 1. The van der Waals surface area contributed by atoms with Gasteiger partial charge < -0.3 is 14.7 Å². The topological polar surface area (TPSA) is 92.5 Å². The molecule has 0 bridgehead atoms. The number of carbonyl (C=O) groups excluding carboxylic acids is 3. The lowest BCUT2D eigenvalue weighted by atomic mass is 9.86. The number of rotatable bonds is 7. The molecular formula is C21H23N3O4. The molecule has 0 spiro atoms. The number of benzene rings is 1. The van der Waals surface area contributed by atoms with E-state index in [4.69, 9.17) is 4.52 Å². The first-order valence-electron chi connectivity index (χ1n) is 9.61. The number of aryl methyl sites for hydroxylation is 1. The average Bonchev–Trinajstić information content (AvgIpc) is 3.34. The van der Waals surface area contributed by atoms with Crippen molar-refractivity contribution in [3.05, 3.63) is 53.4 Å². The Morgan fingerprint density at radius 3 is 2.64 bits per heavy atom. The number of ketones is 1. The molecule has 1 saturated heterocycles. The van der Waals surface area contributed by atoms with E-state index in [1.165, 1.54) is 0 Å². The molecule has 7 nitrogen and oxygen atoms in total. The van der Waals surface area contributed by atoms with Gasteiger partial charge in [0.1, 0.15) is 0 Å². The highest BCUT2D eigenvalue weighted by Crippen LogP contribution is 2.31. The maximum atomic E-state index is 13.1. The van der Waals surface area contributed by atoms with Gasteiger partial charge in [0.2, 0.25) is 11.7 Å². The van der Waals surface area contributed by atoms with Crippen LogP contribution in [0, 0.1) is 18.8 Å². The largest absolute Gasteiger partial charge is 0.359 e. The molecule has 2 atom stereocenters. The molecule has 146 valence electrons. The van der Waals surface area contributed by atoms with E-state index in [1.807, 2.05) is 37.3 Å². The van der Waals surface area contributed by atoms with Crippen molar-refractivity contribution < 1.29 is 18.9 Å². The van der Waals surface area contributed by atoms with Crippen molar-refractivity contribution >= 4 is 17.6 Å². The van der Waals surface area contributed by atoms with Gasteiger partial charge in [-0.2, -0.15) is 0 Å². The number of nitrogens with one attached hydrogen (secondary N) is 1. The van der Waals surface area contributed by atoms with E-state index >= 15 is 0 Å². The fourth-order valence-electron chi connectivity index (χ4n) is 3.70. The minimum absolute atomic E-state index is 0.106. The maximum absolute atomic E-state index is 13.1. The van der Waals surface area contributed by atoms with Gasteiger partial charge >= 0.3 is 0 Å². The number of aromatic nitrogens is 1. The molecule has 7 heteroatoms. The van der Waals surface area contributed by atoms with Crippen LogP contribution >= 0.6 is 0 Å². The van der Waals surface area contributed by atoms with Crippen LogP contribution in [0.25, 0.3) is 0 Å². The van der Waals surface area contributed by atoms with Crippen LogP contribution in [0.1, 0.15) is 29.9 Å². The van der Waals surface area contributed by atoms with Gasteiger partial charge in [-0.3, -0.25) is 14.4 Å². The monoisotopic (exact) mass is 381 g/mol. The molecule has 2 aliphatic rings. The average molecular weight is 381 g/mol. The van der Waals surface area contributed by atoms with E-state index in [0.717, 1.165) is 24.1 Å². The van der Waals surface area contributed by atoms with E-state index < -0.39 is 23.5 Å². The molecule has 0 unspecified atom stereocenters. The molecule has 1 saturated carbocycles. The highest BCUT2D eigenvalue weighted by Gasteiger charge is 2.46. The Labute approximate surface area is 163 Å². The summed E-state index contributed by atoms with van der Waals surface area (Å²) in [5, 5.41) is 6.60. The number of carbonyl (C=O) groups is 3. The summed E-state index contributed by atoms with van der Waals surface area (Å²) in [5.41, 5.74) is 1.71. The zero-order valence-corrected chi connectivity index (χ0v) is 15.8. The van der Waals surface area contributed by atoms with Gasteiger partial charge in [0.05, 0.1) is 24.1 Å². The first kappa shape index (κ1) is 18.4. The first-order valence-corrected chi connectivity index (χ1v) is 9.61. The van der Waals surface area contributed by atoms with Gasteiger partial charge in [-0.1, -0.05) is 35.5 Å². The number of hydrogen-bond acceptors (Lipinski definition) is 5. The Balaban J connectivity index is 1.53. The molecule has 1 aliphatic heterocycles. The van der Waals surface area contributed by atoms with E-state index in [1.54, 1.807) is 11.0 Å². The minimum atomic E-state index is -0.657. The second-order valence-corrected chi connectivity index (χ2v) is 7.67. The molecular weight excluding hydrogens is 358 g/mol. The summed E-state index contributed by atoms with van der Waals surface area (Å²) < 4.78 is 5.22. The van der Waals surface area contributed by atoms with Crippen LogP contribution in [0.15, 0.2) is 40.9 Å². The lowest BCUT2D eigenvalue weighted by molar-refractivity contribution is -0.141. The third kappa shape index (κ3) is 3.98. The van der Waals surface area contributed by atoms with E-state index in [9.17, 15) is 14.4 Å². The Bertz CT molecular complexity index is 888. The second kappa shape index (κ2) is 7.58. The summed E-state index contributed by atoms with van der Waals surface area (Å²) in [7, 11) is 0. The van der Waals surface area contributed by atoms with Crippen molar-refractivity contribution in [2.75, 3.05) is 6.54 Å². The summed E-state index contributed by atoms with van der Waals surface area (Å²) in [6, 6.07) is 11.5. The Morgan fingerprint density at radius 1 is 1.25 bits per heavy atom. The third-order valence-electron chi connectivity index (χ3n) is 5.33. The number of Topliss-reactive ketones (excluding diaryl/α,β-unsaturated/α-hetero) is 1. The molecule has 1 N–H and O–H groups in total. The third-order valence-corrected chi connectivity index (χ3v) is 5.33. The fraction of sp³-hybridized carbons (Fsp3) is 0.429. The standard InChI is InChI=1S/C21H23N3O4/c1-13-9-16(28-23-13)11-24-12-18(19(25)20(26)22-15-7-8-15)17(21(24)27)10-14-5-3-2-4-6-14/h2-6,9,15,17-18H,7-8,10-12H2,1H3,(H,22,26)/t17-,18+/m1/s1. The normalized spacial score (nSPS) is 21.8. The number of amides is 2. The van der Waals surface area contributed by atoms with Crippen molar-refractivity contribution in [3.63, 3.8) is 0 Å². The predicted octanol–water partition coefficient (Wildman–Crippen LogP) is 1.65. The van der Waals surface area contributed by atoms with E-state index in [0.29, 0.717) is 12.2 Å². The molecule has 2 fully saturated rings. The molecule has 2 heterocycles. The smallest absolute Gasteiger partial charge is 0.287 e. The molecule has 1 aliphatic carbocycles. The predicted molar refractivity (Wildman–Crippen MR) is 100.0 cm³/mol. The zero-order chi connectivity index (χ0) is 19.7. The van der Waals surface area contributed by atoms with Gasteiger partial charge in [0, 0.05) is 18.7 Å². The molecule has 28 heavy (non-hydrogen) atoms. The van der Waals surface area contributed by atoms with Gasteiger partial charge in [0.15, 0.2) is 5.76 Å². The highest BCUT2D eigenvalue weighted by atomic mass is 16.5. The molecule has 2 amide bonds. The van der Waals surface area contributed by atoms with Crippen LogP contribution in [-0.2, 0) is 27.3 Å². The molecule has 1 aromatic heterocycles. The second-order valence-electron chi connectivity index (χ2n) is 7.67. The molecule has 2 aromatic rings. The molecule has 4 rings (SSSR count). The van der Waals surface area contributed by atoms with Crippen LogP contribution in [0.5, 0.6) is 0 Å². The van der Waals surface area contributed by atoms with E-state index in [2.05, 4.69) is 10.5 Å². The van der Waals surface area contributed by atoms with Gasteiger partial charge in [0.25, 0.3) is 5.91 Å². The van der Waals surface area contributed by atoms with E-state index in [-0.39, 0.29) is 25.0 Å². The van der Waals surface area contributed by atoms with Crippen LogP contribution < -0.4 is 5.32 Å². The lowest BCUT2D eigenvalue weighted by Crippen LogP contribution is -2.39. The fourth-order valence-corrected chi connectivity index (χ4v) is 3.70. The van der Waals surface area contributed by atoms with Crippen LogP contribution in [0.3, 0.4) is 0 Å². The van der Waals surface area contributed by atoms with Crippen molar-refractivity contribution in [2.45, 2.75) is 38.8 Å². The number of hydrogen-bond donors (Lipinski definition) is 1. The minimum Gasteiger partial charge on any atom is -0.359 e. The molecule has 0 radical (unpaired) electrons. The summed E-state index contributed by atoms with van der Waals surface area (Å²) in [6.07, 6.45) is 2.25. The van der Waals surface area contributed by atoms with Crippen molar-refractivity contribution in [2.24, 2.45) is 11.8 Å². The lowest BCUT2D eigenvalue weighted by Gasteiger charge is -2.15. The Morgan fingerprint density at radius 2 is 2.00 bits per heavy atom. The maximum Gasteiger partial charge on any atom is 0.287 e. The Hall–Kier alpha value is -2.96. The van der Waals surface area contributed by atoms with Crippen LogP contribution in [0.4, 0.5) is 0 Å². The zero-order valence-electron chi connectivity index (χ0n) is 15.8. The Kier molecular flexibility index (Phi) is 4.98. The van der Waals surface area contributed by atoms with Gasteiger partial charge in [-0.05, 0) is 31.7 Å².